The number of rotatable bonds is 7. The summed E-state index contributed by atoms with van der Waals surface area (Å²) < 4.78 is 5.87. The maximum atomic E-state index is 9.10. The summed E-state index contributed by atoms with van der Waals surface area (Å²) in [6.45, 7) is 3.59. The van der Waals surface area contributed by atoms with Crippen LogP contribution >= 0.6 is 11.6 Å². The van der Waals surface area contributed by atoms with Crippen molar-refractivity contribution in [2.75, 3.05) is 19.7 Å². The van der Waals surface area contributed by atoms with Gasteiger partial charge in [0.1, 0.15) is 0 Å². The molecule has 1 aliphatic heterocycles. The molecule has 30 heavy (non-hydrogen) atoms. The minimum Gasteiger partial charge on any atom is -0.478 e. The van der Waals surface area contributed by atoms with Crippen LogP contribution in [-0.4, -0.2) is 29.6 Å². The number of ether oxygens (including phenoxy) is 1. The molecule has 5 heteroatoms. The summed E-state index contributed by atoms with van der Waals surface area (Å²) in [7, 11) is 0. The highest BCUT2D eigenvalue weighted by Crippen LogP contribution is 2.35. The zero-order valence-corrected chi connectivity index (χ0v) is 17.5. The zero-order valence-electron chi connectivity index (χ0n) is 16.7. The molecule has 3 aromatic rings. The normalized spacial score (nSPS) is 18.8. The molecule has 4 nitrogen and oxygen atoms in total. The number of hydrogen-bond donors (Lipinski definition) is 0. The first-order valence-corrected chi connectivity index (χ1v) is 10.6. The third-order valence-corrected chi connectivity index (χ3v) is 5.90. The Balaban J connectivity index is 1.44. The van der Waals surface area contributed by atoms with Crippen LogP contribution in [0.4, 0.5) is 0 Å². The second-order valence-electron chi connectivity index (χ2n) is 7.73. The lowest BCUT2D eigenvalue weighted by atomic mass is 9.87. The molecule has 1 aromatic heterocycles. The summed E-state index contributed by atoms with van der Waals surface area (Å²) in [6, 6.07) is 24.4. The van der Waals surface area contributed by atoms with Crippen LogP contribution in [0.3, 0.4) is 0 Å². The first-order valence-electron chi connectivity index (χ1n) is 10.2. The van der Waals surface area contributed by atoms with Crippen molar-refractivity contribution >= 4 is 11.6 Å². The summed E-state index contributed by atoms with van der Waals surface area (Å²) in [5, 5.41) is 9.71. The predicted molar refractivity (Wildman–Crippen MR) is 118 cm³/mol. The lowest BCUT2D eigenvalue weighted by Crippen LogP contribution is -2.20. The molecule has 2 heterocycles. The lowest BCUT2D eigenvalue weighted by molar-refractivity contribution is 0.256. The summed E-state index contributed by atoms with van der Waals surface area (Å²) in [4.78, 5) is 6.73. The first-order chi connectivity index (χ1) is 14.7. The van der Waals surface area contributed by atoms with Crippen molar-refractivity contribution in [3.05, 3.63) is 94.6 Å². The van der Waals surface area contributed by atoms with E-state index in [4.69, 9.17) is 21.6 Å². The van der Waals surface area contributed by atoms with E-state index < -0.39 is 0 Å². The zero-order chi connectivity index (χ0) is 20.8. The molecule has 2 atom stereocenters. The van der Waals surface area contributed by atoms with Gasteiger partial charge in [0.2, 0.25) is 5.88 Å². The van der Waals surface area contributed by atoms with Gasteiger partial charge in [0.15, 0.2) is 0 Å². The van der Waals surface area contributed by atoms with E-state index in [2.05, 4.69) is 58.4 Å². The summed E-state index contributed by atoms with van der Waals surface area (Å²) in [5.41, 5.74) is 3.32. The first kappa shape index (κ1) is 20.4. The van der Waals surface area contributed by atoms with Gasteiger partial charge in [-0.2, -0.15) is 5.26 Å². The van der Waals surface area contributed by atoms with Crippen LogP contribution < -0.4 is 4.74 Å². The van der Waals surface area contributed by atoms with Crippen molar-refractivity contribution in [3.8, 4) is 11.9 Å². The van der Waals surface area contributed by atoms with Gasteiger partial charge in [0.25, 0.3) is 0 Å². The number of hydrogen-bond acceptors (Lipinski definition) is 4. The molecule has 0 amide bonds. The molecule has 0 saturated carbocycles. The van der Waals surface area contributed by atoms with Crippen LogP contribution in [0, 0.1) is 17.2 Å². The number of halogens is 1. The van der Waals surface area contributed by atoms with Crippen molar-refractivity contribution in [1.29, 1.82) is 5.26 Å². The highest BCUT2D eigenvalue weighted by molar-refractivity contribution is 6.30. The number of pyridine rings is 1. The van der Waals surface area contributed by atoms with Crippen molar-refractivity contribution in [3.63, 3.8) is 0 Å². The van der Waals surface area contributed by atoms with Crippen LogP contribution in [0.15, 0.2) is 72.9 Å². The standard InChI is InChI=1S/C25H24ClN3O/c26-23-10-11-25(28-15-23)30-13-12-22-17-29(16-20-4-2-1-3-5-20)18-24(22)21-8-6-19(14-27)7-9-21/h1-11,15,22,24H,12-13,16-18H2. The van der Waals surface area contributed by atoms with Gasteiger partial charge in [0, 0.05) is 37.8 Å². The Morgan fingerprint density at radius 2 is 1.83 bits per heavy atom. The monoisotopic (exact) mass is 417 g/mol. The molecule has 152 valence electrons. The second-order valence-corrected chi connectivity index (χ2v) is 8.17. The fourth-order valence-electron chi connectivity index (χ4n) is 4.17. The number of nitriles is 1. The quantitative estimate of drug-likeness (QED) is 0.524. The third-order valence-electron chi connectivity index (χ3n) is 5.67. The van der Waals surface area contributed by atoms with Crippen molar-refractivity contribution < 1.29 is 4.74 Å². The van der Waals surface area contributed by atoms with Gasteiger partial charge >= 0.3 is 0 Å². The van der Waals surface area contributed by atoms with E-state index in [1.54, 1.807) is 18.3 Å². The Morgan fingerprint density at radius 1 is 1.03 bits per heavy atom. The van der Waals surface area contributed by atoms with Gasteiger partial charge < -0.3 is 4.74 Å². The van der Waals surface area contributed by atoms with Gasteiger partial charge in [-0.05, 0) is 41.7 Å². The SMILES string of the molecule is N#Cc1ccc(C2CN(Cc3ccccc3)CC2CCOc2ccc(Cl)cn2)cc1. The molecule has 1 saturated heterocycles. The van der Waals surface area contributed by atoms with Gasteiger partial charge in [-0.1, -0.05) is 54.1 Å². The average Bonchev–Trinajstić information content (AvgIpc) is 3.18. The van der Waals surface area contributed by atoms with Crippen LogP contribution in [0.1, 0.15) is 29.0 Å². The number of aromatic nitrogens is 1. The third kappa shape index (κ3) is 5.18. The number of nitrogens with zero attached hydrogens (tertiary/aromatic N) is 3. The average molecular weight is 418 g/mol. The van der Waals surface area contributed by atoms with Crippen molar-refractivity contribution in [2.24, 2.45) is 5.92 Å². The molecule has 1 aliphatic rings. The molecular formula is C25H24ClN3O. The van der Waals surface area contributed by atoms with Crippen molar-refractivity contribution in [1.82, 2.24) is 9.88 Å². The molecule has 0 aliphatic carbocycles. The Hall–Kier alpha value is -2.87. The van der Waals surface area contributed by atoms with E-state index in [1.807, 2.05) is 12.1 Å². The highest BCUT2D eigenvalue weighted by Gasteiger charge is 2.33. The molecule has 4 rings (SSSR count). The van der Waals surface area contributed by atoms with E-state index >= 15 is 0 Å². The molecule has 0 radical (unpaired) electrons. The smallest absolute Gasteiger partial charge is 0.213 e. The van der Waals surface area contributed by atoms with E-state index in [9.17, 15) is 0 Å². The topological polar surface area (TPSA) is 49.2 Å². The van der Waals surface area contributed by atoms with Gasteiger partial charge in [0.05, 0.1) is 23.3 Å². The molecule has 0 N–H and O–H groups in total. The Morgan fingerprint density at radius 3 is 2.53 bits per heavy atom. The molecular weight excluding hydrogens is 394 g/mol. The fraction of sp³-hybridized carbons (Fsp3) is 0.280. The minimum absolute atomic E-state index is 0.420. The second kappa shape index (κ2) is 9.75. The Kier molecular flexibility index (Phi) is 6.63. The maximum Gasteiger partial charge on any atom is 0.213 e. The molecule has 1 fully saturated rings. The van der Waals surface area contributed by atoms with Gasteiger partial charge in [-0.15, -0.1) is 0 Å². The van der Waals surface area contributed by atoms with E-state index in [1.165, 1.54) is 11.1 Å². The van der Waals surface area contributed by atoms with Crippen LogP contribution in [-0.2, 0) is 6.54 Å². The van der Waals surface area contributed by atoms with E-state index in [0.717, 1.165) is 26.1 Å². The number of benzene rings is 2. The van der Waals surface area contributed by atoms with Crippen LogP contribution in [0.25, 0.3) is 0 Å². The molecule has 0 bridgehead atoms. The highest BCUT2D eigenvalue weighted by atomic mass is 35.5. The van der Waals surface area contributed by atoms with Gasteiger partial charge in [-0.3, -0.25) is 4.90 Å². The summed E-state index contributed by atoms with van der Waals surface area (Å²) >= 11 is 5.90. The molecule has 2 unspecified atom stereocenters. The van der Waals surface area contributed by atoms with E-state index in [-0.39, 0.29) is 0 Å². The largest absolute Gasteiger partial charge is 0.478 e. The molecule has 0 spiro atoms. The summed E-state index contributed by atoms with van der Waals surface area (Å²) in [5.74, 6) is 1.51. The lowest BCUT2D eigenvalue weighted by Gasteiger charge is -2.19. The predicted octanol–water partition coefficient (Wildman–Crippen LogP) is 5.29. The van der Waals surface area contributed by atoms with Crippen molar-refractivity contribution in [2.45, 2.75) is 18.9 Å². The van der Waals surface area contributed by atoms with Crippen LogP contribution in [0.2, 0.25) is 5.02 Å². The molecule has 2 aromatic carbocycles. The summed E-state index contributed by atoms with van der Waals surface area (Å²) in [6.07, 6.45) is 2.55. The number of likely N-dealkylation sites (tertiary alicyclic amines) is 1. The minimum atomic E-state index is 0.420. The maximum absolute atomic E-state index is 9.10. The Labute approximate surface area is 182 Å². The fourth-order valence-corrected chi connectivity index (χ4v) is 4.28. The Bertz CT molecular complexity index is 984. The van der Waals surface area contributed by atoms with E-state index in [0.29, 0.717) is 34.9 Å². The van der Waals surface area contributed by atoms with Gasteiger partial charge in [-0.25, -0.2) is 4.98 Å². The van der Waals surface area contributed by atoms with Crippen LogP contribution in [0.5, 0.6) is 5.88 Å².